The van der Waals surface area contributed by atoms with Crippen molar-refractivity contribution in [3.63, 3.8) is 0 Å². The van der Waals surface area contributed by atoms with Crippen LogP contribution in [-0.2, 0) is 4.79 Å². The number of carbonyl (C=O) groups is 2. The molecule has 104 valence electrons. The van der Waals surface area contributed by atoms with Crippen LogP contribution < -0.4 is 10.6 Å². The van der Waals surface area contributed by atoms with Crippen molar-refractivity contribution in [2.24, 2.45) is 0 Å². The number of carbonyl (C=O) groups excluding carboxylic acids is 1. The van der Waals surface area contributed by atoms with Gasteiger partial charge in [0.15, 0.2) is 0 Å². The van der Waals surface area contributed by atoms with Gasteiger partial charge < -0.3 is 20.6 Å². The van der Waals surface area contributed by atoms with Gasteiger partial charge in [0.2, 0.25) is 0 Å². The predicted octanol–water partition coefficient (Wildman–Crippen LogP) is 0.635. The molecule has 0 spiro atoms. The summed E-state index contributed by atoms with van der Waals surface area (Å²) in [5.74, 6) is -0.789. The van der Waals surface area contributed by atoms with E-state index < -0.39 is 5.97 Å². The standard InChI is InChI=1S/C12H23N3O3/c1-15(10-5-6-10)9-8-14-12(18)13-7-3-2-4-11(16)17/h10H,2-9H2,1H3,(H,16,17)(H2,13,14,18). The summed E-state index contributed by atoms with van der Waals surface area (Å²) < 4.78 is 0. The number of nitrogens with zero attached hydrogens (tertiary/aromatic N) is 1. The second-order valence-electron chi connectivity index (χ2n) is 4.75. The summed E-state index contributed by atoms with van der Waals surface area (Å²) in [5, 5.41) is 13.9. The zero-order valence-corrected chi connectivity index (χ0v) is 10.9. The van der Waals surface area contributed by atoms with E-state index in [1.807, 2.05) is 0 Å². The Balaban J connectivity index is 1.88. The van der Waals surface area contributed by atoms with Gasteiger partial charge in [-0.3, -0.25) is 4.79 Å². The fourth-order valence-corrected chi connectivity index (χ4v) is 1.71. The van der Waals surface area contributed by atoms with E-state index in [2.05, 4.69) is 22.6 Å². The minimum absolute atomic E-state index is 0.162. The lowest BCUT2D eigenvalue weighted by molar-refractivity contribution is -0.137. The third-order valence-corrected chi connectivity index (χ3v) is 3.02. The summed E-state index contributed by atoms with van der Waals surface area (Å²) in [6.07, 6.45) is 4.00. The summed E-state index contributed by atoms with van der Waals surface area (Å²) in [7, 11) is 2.07. The van der Waals surface area contributed by atoms with Crippen LogP contribution in [0.4, 0.5) is 4.79 Å². The van der Waals surface area contributed by atoms with Crippen molar-refractivity contribution < 1.29 is 14.7 Å². The molecule has 6 nitrogen and oxygen atoms in total. The molecule has 1 rings (SSSR count). The van der Waals surface area contributed by atoms with Crippen molar-refractivity contribution in [1.29, 1.82) is 0 Å². The van der Waals surface area contributed by atoms with Crippen LogP contribution >= 0.6 is 0 Å². The number of unbranched alkanes of at least 4 members (excludes halogenated alkanes) is 1. The van der Waals surface area contributed by atoms with E-state index in [0.717, 1.165) is 6.54 Å². The molecular weight excluding hydrogens is 234 g/mol. The lowest BCUT2D eigenvalue weighted by Crippen LogP contribution is -2.40. The van der Waals surface area contributed by atoms with Gasteiger partial charge in [-0.15, -0.1) is 0 Å². The van der Waals surface area contributed by atoms with E-state index in [0.29, 0.717) is 32.0 Å². The summed E-state index contributed by atoms with van der Waals surface area (Å²) in [5.41, 5.74) is 0. The van der Waals surface area contributed by atoms with Crippen LogP contribution in [0, 0.1) is 0 Å². The third kappa shape index (κ3) is 7.11. The maximum Gasteiger partial charge on any atom is 0.314 e. The van der Waals surface area contributed by atoms with Gasteiger partial charge in [-0.05, 0) is 32.7 Å². The van der Waals surface area contributed by atoms with Gasteiger partial charge in [0.1, 0.15) is 0 Å². The van der Waals surface area contributed by atoms with Crippen LogP contribution in [-0.4, -0.2) is 54.7 Å². The quantitative estimate of drug-likeness (QED) is 0.529. The molecule has 2 amide bonds. The first-order chi connectivity index (χ1) is 8.59. The fraction of sp³-hybridized carbons (Fsp3) is 0.833. The van der Waals surface area contributed by atoms with E-state index in [4.69, 9.17) is 5.11 Å². The first-order valence-corrected chi connectivity index (χ1v) is 6.53. The Morgan fingerprint density at radius 3 is 2.50 bits per heavy atom. The average Bonchev–Trinajstić information content (AvgIpc) is 3.11. The largest absolute Gasteiger partial charge is 0.481 e. The maximum absolute atomic E-state index is 11.3. The van der Waals surface area contributed by atoms with Crippen molar-refractivity contribution in [1.82, 2.24) is 15.5 Å². The van der Waals surface area contributed by atoms with Gasteiger partial charge in [-0.25, -0.2) is 4.79 Å². The Morgan fingerprint density at radius 1 is 1.22 bits per heavy atom. The summed E-state index contributed by atoms with van der Waals surface area (Å²) in [6, 6.07) is 0.542. The molecule has 0 bridgehead atoms. The molecule has 0 radical (unpaired) electrons. The molecule has 6 heteroatoms. The highest BCUT2D eigenvalue weighted by atomic mass is 16.4. The molecule has 1 aliphatic carbocycles. The number of carboxylic acid groups (broad SMARTS) is 1. The minimum atomic E-state index is -0.789. The zero-order valence-electron chi connectivity index (χ0n) is 10.9. The molecule has 0 aromatic heterocycles. The monoisotopic (exact) mass is 257 g/mol. The molecule has 0 aliphatic heterocycles. The summed E-state index contributed by atoms with van der Waals surface area (Å²) in [6.45, 7) is 2.04. The first kappa shape index (κ1) is 14.8. The first-order valence-electron chi connectivity index (χ1n) is 6.53. The van der Waals surface area contributed by atoms with E-state index in [9.17, 15) is 9.59 Å². The van der Waals surface area contributed by atoms with Crippen molar-refractivity contribution in [2.45, 2.75) is 38.1 Å². The highest BCUT2D eigenvalue weighted by Crippen LogP contribution is 2.24. The molecule has 1 saturated carbocycles. The number of rotatable bonds is 9. The Labute approximate surface area is 108 Å². The number of urea groups is 1. The SMILES string of the molecule is CN(CCNC(=O)NCCCCC(=O)O)C1CC1. The van der Waals surface area contributed by atoms with E-state index in [-0.39, 0.29) is 12.5 Å². The van der Waals surface area contributed by atoms with E-state index >= 15 is 0 Å². The Hall–Kier alpha value is -1.30. The van der Waals surface area contributed by atoms with Gasteiger partial charge in [-0.2, -0.15) is 0 Å². The Bertz CT molecular complexity index is 280. The van der Waals surface area contributed by atoms with Crippen LogP contribution in [0.25, 0.3) is 0 Å². The second-order valence-corrected chi connectivity index (χ2v) is 4.75. The molecular formula is C12H23N3O3. The number of carboxylic acids is 1. The number of hydrogen-bond acceptors (Lipinski definition) is 3. The van der Waals surface area contributed by atoms with E-state index in [1.165, 1.54) is 12.8 Å². The maximum atomic E-state index is 11.3. The molecule has 0 saturated heterocycles. The summed E-state index contributed by atoms with van der Waals surface area (Å²) >= 11 is 0. The minimum Gasteiger partial charge on any atom is -0.481 e. The molecule has 18 heavy (non-hydrogen) atoms. The molecule has 0 aromatic carbocycles. The number of aliphatic carboxylic acids is 1. The Kier molecular flexibility index (Phi) is 6.49. The normalized spacial score (nSPS) is 14.6. The number of hydrogen-bond donors (Lipinski definition) is 3. The highest BCUT2D eigenvalue weighted by Gasteiger charge is 2.25. The number of likely N-dealkylation sites (N-methyl/N-ethyl adjacent to an activating group) is 1. The second kappa shape index (κ2) is 7.92. The average molecular weight is 257 g/mol. The van der Waals surface area contributed by atoms with Gasteiger partial charge >= 0.3 is 12.0 Å². The third-order valence-electron chi connectivity index (χ3n) is 3.02. The molecule has 0 heterocycles. The number of nitrogens with one attached hydrogen (secondary N) is 2. The predicted molar refractivity (Wildman–Crippen MR) is 68.5 cm³/mol. The number of amides is 2. The van der Waals surface area contributed by atoms with Gasteiger partial charge in [0, 0.05) is 32.1 Å². The highest BCUT2D eigenvalue weighted by molar-refractivity contribution is 5.73. The van der Waals surface area contributed by atoms with Crippen LogP contribution in [0.3, 0.4) is 0 Å². The van der Waals surface area contributed by atoms with Crippen molar-refractivity contribution in [2.75, 3.05) is 26.7 Å². The topological polar surface area (TPSA) is 81.7 Å². The van der Waals surface area contributed by atoms with Gasteiger partial charge in [0.05, 0.1) is 0 Å². The van der Waals surface area contributed by atoms with Crippen molar-refractivity contribution in [3.05, 3.63) is 0 Å². The van der Waals surface area contributed by atoms with Crippen molar-refractivity contribution >= 4 is 12.0 Å². The van der Waals surface area contributed by atoms with Crippen LogP contribution in [0.1, 0.15) is 32.1 Å². The molecule has 0 unspecified atom stereocenters. The lowest BCUT2D eigenvalue weighted by atomic mass is 10.2. The lowest BCUT2D eigenvalue weighted by Gasteiger charge is -2.15. The van der Waals surface area contributed by atoms with Gasteiger partial charge in [-0.1, -0.05) is 0 Å². The Morgan fingerprint density at radius 2 is 1.89 bits per heavy atom. The van der Waals surface area contributed by atoms with E-state index in [1.54, 1.807) is 0 Å². The van der Waals surface area contributed by atoms with Crippen LogP contribution in [0.5, 0.6) is 0 Å². The molecule has 0 atom stereocenters. The van der Waals surface area contributed by atoms with Crippen LogP contribution in [0.2, 0.25) is 0 Å². The van der Waals surface area contributed by atoms with Crippen LogP contribution in [0.15, 0.2) is 0 Å². The molecule has 3 N–H and O–H groups in total. The fourth-order valence-electron chi connectivity index (χ4n) is 1.71. The van der Waals surface area contributed by atoms with Gasteiger partial charge in [0.25, 0.3) is 0 Å². The molecule has 0 aromatic rings. The summed E-state index contributed by atoms with van der Waals surface area (Å²) in [4.78, 5) is 23.9. The zero-order chi connectivity index (χ0) is 13.4. The molecule has 1 aliphatic rings. The van der Waals surface area contributed by atoms with Crippen molar-refractivity contribution in [3.8, 4) is 0 Å². The smallest absolute Gasteiger partial charge is 0.314 e. The molecule has 1 fully saturated rings.